The van der Waals surface area contributed by atoms with Crippen molar-refractivity contribution in [2.24, 2.45) is 5.92 Å². The van der Waals surface area contributed by atoms with E-state index in [9.17, 15) is 0 Å². The average Bonchev–Trinajstić information content (AvgIpc) is 1.90. The molecule has 0 spiro atoms. The van der Waals surface area contributed by atoms with Crippen molar-refractivity contribution in [1.82, 2.24) is 0 Å². The zero-order valence-electron chi connectivity index (χ0n) is 7.78. The molecule has 0 radical (unpaired) electrons. The summed E-state index contributed by atoms with van der Waals surface area (Å²) in [7, 11) is 0. The molecular weight excluding hydrogens is 120 g/mol. The minimum atomic E-state index is 0.849. The van der Waals surface area contributed by atoms with Gasteiger partial charge in [0.2, 0.25) is 0 Å². The lowest BCUT2D eigenvalue weighted by Gasteiger charge is -2.05. The Kier molecular flexibility index (Phi) is 5.38. The molecule has 0 aromatic carbocycles. The van der Waals surface area contributed by atoms with Gasteiger partial charge in [0.05, 0.1) is 0 Å². The first-order valence-electron chi connectivity index (χ1n) is 4.34. The fraction of sp³-hybridized carbons (Fsp3) is 0.800. The van der Waals surface area contributed by atoms with Gasteiger partial charge in [-0.25, -0.2) is 0 Å². The molecule has 0 aliphatic heterocycles. The molecular formula is C10H20. The Bertz CT molecular complexity index is 98.6. The first-order valence-corrected chi connectivity index (χ1v) is 4.34. The largest absolute Gasteiger partial charge is 0.0885 e. The molecule has 0 aromatic heterocycles. The molecule has 0 aromatic rings. The third kappa shape index (κ3) is 4.60. The standard InChI is InChI=1S/C10H20/c1-5-10(6-2)8-7-9(3)4/h5,9H,6-8H2,1-4H3. The summed E-state index contributed by atoms with van der Waals surface area (Å²) in [4.78, 5) is 0. The maximum Gasteiger partial charge on any atom is -0.0318 e. The summed E-state index contributed by atoms with van der Waals surface area (Å²) >= 11 is 0. The Morgan fingerprint density at radius 3 is 2.30 bits per heavy atom. The predicted molar refractivity (Wildman–Crippen MR) is 48.1 cm³/mol. The molecule has 0 amide bonds. The lowest BCUT2D eigenvalue weighted by atomic mass is 10.0. The second-order valence-corrected chi connectivity index (χ2v) is 3.23. The van der Waals surface area contributed by atoms with Crippen molar-refractivity contribution >= 4 is 0 Å². The summed E-state index contributed by atoms with van der Waals surface area (Å²) in [6.45, 7) is 8.93. The summed E-state index contributed by atoms with van der Waals surface area (Å²) in [6, 6.07) is 0. The molecule has 0 heteroatoms. The zero-order valence-corrected chi connectivity index (χ0v) is 7.78. The topological polar surface area (TPSA) is 0 Å². The first kappa shape index (κ1) is 9.74. The van der Waals surface area contributed by atoms with Crippen molar-refractivity contribution in [3.8, 4) is 0 Å². The van der Waals surface area contributed by atoms with E-state index in [2.05, 4.69) is 33.8 Å². The van der Waals surface area contributed by atoms with Gasteiger partial charge in [-0.15, -0.1) is 0 Å². The van der Waals surface area contributed by atoms with Crippen LogP contribution in [0.5, 0.6) is 0 Å². The van der Waals surface area contributed by atoms with Crippen LogP contribution in [-0.2, 0) is 0 Å². The first-order chi connectivity index (χ1) is 4.70. The number of hydrogen-bond acceptors (Lipinski definition) is 0. The lowest BCUT2D eigenvalue weighted by molar-refractivity contribution is 0.579. The zero-order chi connectivity index (χ0) is 7.98. The van der Waals surface area contributed by atoms with Crippen LogP contribution in [0, 0.1) is 5.92 Å². The van der Waals surface area contributed by atoms with Crippen LogP contribution in [-0.4, -0.2) is 0 Å². The molecule has 0 atom stereocenters. The van der Waals surface area contributed by atoms with Gasteiger partial charge in [-0.1, -0.05) is 32.4 Å². The lowest BCUT2D eigenvalue weighted by Crippen LogP contribution is -1.88. The van der Waals surface area contributed by atoms with Gasteiger partial charge >= 0.3 is 0 Å². The molecule has 0 unspecified atom stereocenters. The van der Waals surface area contributed by atoms with Crippen molar-refractivity contribution in [2.75, 3.05) is 0 Å². The van der Waals surface area contributed by atoms with Gasteiger partial charge in [-0.3, -0.25) is 0 Å². The molecule has 60 valence electrons. The van der Waals surface area contributed by atoms with Gasteiger partial charge in [0.25, 0.3) is 0 Å². The fourth-order valence-electron chi connectivity index (χ4n) is 0.999. The molecule has 0 N–H and O–H groups in total. The third-order valence-corrected chi connectivity index (χ3v) is 1.91. The van der Waals surface area contributed by atoms with E-state index in [0.29, 0.717) is 0 Å². The van der Waals surface area contributed by atoms with E-state index < -0.39 is 0 Å². The quantitative estimate of drug-likeness (QED) is 0.521. The monoisotopic (exact) mass is 140 g/mol. The maximum absolute atomic E-state index is 2.28. The Morgan fingerprint density at radius 2 is 2.00 bits per heavy atom. The molecule has 0 nitrogen and oxygen atoms in total. The average molecular weight is 140 g/mol. The highest BCUT2D eigenvalue weighted by molar-refractivity contribution is 4.98. The Morgan fingerprint density at radius 1 is 1.40 bits per heavy atom. The molecule has 0 bridgehead atoms. The number of hydrogen-bond donors (Lipinski definition) is 0. The highest BCUT2D eigenvalue weighted by atomic mass is 14.0. The molecule has 0 saturated heterocycles. The molecule has 0 fully saturated rings. The Hall–Kier alpha value is -0.260. The molecule has 10 heavy (non-hydrogen) atoms. The van der Waals surface area contributed by atoms with Crippen LogP contribution in [0.1, 0.15) is 47.0 Å². The highest BCUT2D eigenvalue weighted by Crippen LogP contribution is 2.13. The van der Waals surface area contributed by atoms with Gasteiger partial charge in [-0.05, 0) is 32.1 Å². The van der Waals surface area contributed by atoms with Crippen molar-refractivity contribution in [3.05, 3.63) is 11.6 Å². The summed E-state index contributed by atoms with van der Waals surface area (Å²) < 4.78 is 0. The highest BCUT2D eigenvalue weighted by Gasteiger charge is 1.95. The maximum atomic E-state index is 2.28. The van der Waals surface area contributed by atoms with Gasteiger partial charge in [0.15, 0.2) is 0 Å². The van der Waals surface area contributed by atoms with Crippen LogP contribution in [0.2, 0.25) is 0 Å². The minimum Gasteiger partial charge on any atom is -0.0885 e. The van der Waals surface area contributed by atoms with Gasteiger partial charge in [0.1, 0.15) is 0 Å². The summed E-state index contributed by atoms with van der Waals surface area (Å²) in [5, 5.41) is 0. The molecule has 0 aliphatic rings. The van der Waals surface area contributed by atoms with Crippen LogP contribution >= 0.6 is 0 Å². The third-order valence-electron chi connectivity index (χ3n) is 1.91. The SMILES string of the molecule is CC=C(CC)CCC(C)C. The van der Waals surface area contributed by atoms with Crippen LogP contribution in [0.25, 0.3) is 0 Å². The minimum absolute atomic E-state index is 0.849. The molecule has 0 heterocycles. The van der Waals surface area contributed by atoms with E-state index in [1.807, 2.05) is 0 Å². The summed E-state index contributed by atoms with van der Waals surface area (Å²) in [5.41, 5.74) is 1.61. The second-order valence-electron chi connectivity index (χ2n) is 3.23. The Labute approximate surface area is 65.3 Å². The van der Waals surface area contributed by atoms with E-state index in [-0.39, 0.29) is 0 Å². The van der Waals surface area contributed by atoms with Crippen molar-refractivity contribution in [1.29, 1.82) is 0 Å². The molecule has 0 aliphatic carbocycles. The number of allylic oxidation sites excluding steroid dienone is 2. The number of rotatable bonds is 4. The Balaban J connectivity index is 3.46. The van der Waals surface area contributed by atoms with Gasteiger partial charge < -0.3 is 0 Å². The molecule has 0 saturated carbocycles. The van der Waals surface area contributed by atoms with Crippen LogP contribution in [0.3, 0.4) is 0 Å². The van der Waals surface area contributed by atoms with Crippen molar-refractivity contribution in [2.45, 2.75) is 47.0 Å². The van der Waals surface area contributed by atoms with E-state index in [4.69, 9.17) is 0 Å². The van der Waals surface area contributed by atoms with Crippen molar-refractivity contribution in [3.63, 3.8) is 0 Å². The van der Waals surface area contributed by atoms with Gasteiger partial charge in [0, 0.05) is 0 Å². The van der Waals surface area contributed by atoms with Crippen LogP contribution < -0.4 is 0 Å². The smallest absolute Gasteiger partial charge is 0.0318 e. The second kappa shape index (κ2) is 5.52. The van der Waals surface area contributed by atoms with Gasteiger partial charge in [-0.2, -0.15) is 0 Å². The van der Waals surface area contributed by atoms with Crippen molar-refractivity contribution < 1.29 is 0 Å². The van der Waals surface area contributed by atoms with Crippen LogP contribution in [0.4, 0.5) is 0 Å². The predicted octanol–water partition coefficient (Wildman–Crippen LogP) is 3.78. The molecule has 0 rings (SSSR count). The summed E-state index contributed by atoms with van der Waals surface area (Å²) in [5.74, 6) is 0.849. The van der Waals surface area contributed by atoms with E-state index in [0.717, 1.165) is 5.92 Å². The van der Waals surface area contributed by atoms with E-state index in [1.54, 1.807) is 5.57 Å². The summed E-state index contributed by atoms with van der Waals surface area (Å²) in [6.07, 6.45) is 6.11. The fourth-order valence-corrected chi connectivity index (χ4v) is 0.999. The van der Waals surface area contributed by atoms with E-state index >= 15 is 0 Å². The van der Waals surface area contributed by atoms with E-state index in [1.165, 1.54) is 19.3 Å². The normalized spacial score (nSPS) is 12.7. The van der Waals surface area contributed by atoms with Crippen LogP contribution in [0.15, 0.2) is 11.6 Å².